The highest BCUT2D eigenvalue weighted by atomic mass is 79.9. The van der Waals surface area contributed by atoms with Crippen LogP contribution in [0.3, 0.4) is 0 Å². The number of aryl methyl sites for hydroxylation is 1. The van der Waals surface area contributed by atoms with E-state index in [1.54, 1.807) is 19.2 Å². The maximum absolute atomic E-state index is 10.3. The van der Waals surface area contributed by atoms with Crippen LogP contribution < -0.4 is 21.7 Å². The summed E-state index contributed by atoms with van der Waals surface area (Å²) in [5.74, 6) is 1.08. The van der Waals surface area contributed by atoms with Crippen molar-refractivity contribution in [2.45, 2.75) is 38.1 Å². The second-order valence-corrected chi connectivity index (χ2v) is 7.73. The molecule has 4 heteroatoms. The molecule has 142 valence electrons. The zero-order valence-electron chi connectivity index (χ0n) is 16.0. The maximum Gasteiger partial charge on any atom is 0.123 e. The summed E-state index contributed by atoms with van der Waals surface area (Å²) in [6.45, 7) is 1.28. The van der Waals surface area contributed by atoms with Crippen LogP contribution in [-0.2, 0) is 6.42 Å². The first kappa shape index (κ1) is 20.8. The topological polar surface area (TPSA) is 29.5 Å². The van der Waals surface area contributed by atoms with E-state index in [2.05, 4.69) is 32.3 Å². The fourth-order valence-electron chi connectivity index (χ4n) is 4.11. The van der Waals surface area contributed by atoms with Crippen LogP contribution in [0, 0.1) is 0 Å². The van der Waals surface area contributed by atoms with Gasteiger partial charge in [0.1, 0.15) is 11.5 Å². The van der Waals surface area contributed by atoms with E-state index >= 15 is 0 Å². The Hall–Kier alpha value is -1.52. The molecule has 1 heterocycles. The van der Waals surface area contributed by atoms with Gasteiger partial charge in [0.2, 0.25) is 0 Å². The highest BCUT2D eigenvalue weighted by Gasteiger charge is 2.31. The zero-order chi connectivity index (χ0) is 17.9. The first-order chi connectivity index (χ1) is 12.0. The molecule has 1 saturated heterocycles. The first-order valence-corrected chi connectivity index (χ1v) is 9.29. The monoisotopic (exact) mass is 419 g/mol. The van der Waals surface area contributed by atoms with Crippen molar-refractivity contribution in [3.63, 3.8) is 0 Å². The standard InChI is InChI=1S/C22H29NO2.BrH/c1-23(2)15-7-6-9-18(23)12-11-17-8-4-5-10-20(17)21-16-19(25-3)13-14-22(21)24;/h4-5,8,10,13-14,16,18H,6-7,9,11-12,15H2,1-3H3;1H. The normalized spacial score (nSPS) is 18.8. The summed E-state index contributed by atoms with van der Waals surface area (Å²) in [6.07, 6.45) is 6.25. The molecule has 3 rings (SSSR count). The van der Waals surface area contributed by atoms with Crippen LogP contribution in [0.4, 0.5) is 0 Å². The van der Waals surface area contributed by atoms with Gasteiger partial charge in [-0.15, -0.1) is 0 Å². The number of likely N-dealkylation sites (tertiary alicyclic amines) is 1. The second-order valence-electron chi connectivity index (χ2n) is 7.73. The molecule has 0 radical (unpaired) electrons. The molecule has 26 heavy (non-hydrogen) atoms. The van der Waals surface area contributed by atoms with Crippen LogP contribution in [0.1, 0.15) is 31.2 Å². The van der Waals surface area contributed by atoms with Crippen molar-refractivity contribution in [1.82, 2.24) is 0 Å². The van der Waals surface area contributed by atoms with Crippen molar-refractivity contribution >= 4 is 0 Å². The lowest BCUT2D eigenvalue weighted by atomic mass is 9.91. The van der Waals surface area contributed by atoms with Gasteiger partial charge >= 0.3 is 0 Å². The number of benzene rings is 2. The minimum Gasteiger partial charge on any atom is -1.00 e. The summed E-state index contributed by atoms with van der Waals surface area (Å²) in [7, 11) is 6.39. The van der Waals surface area contributed by atoms with E-state index in [4.69, 9.17) is 4.74 Å². The number of hydrogen-bond acceptors (Lipinski definition) is 2. The fourth-order valence-corrected chi connectivity index (χ4v) is 4.11. The Balaban J connectivity index is 0.00000243. The van der Waals surface area contributed by atoms with Crippen LogP contribution in [0.2, 0.25) is 0 Å². The number of phenols is 1. The van der Waals surface area contributed by atoms with E-state index in [9.17, 15) is 5.11 Å². The Bertz CT molecular complexity index is 730. The van der Waals surface area contributed by atoms with Gasteiger partial charge in [0.15, 0.2) is 0 Å². The van der Waals surface area contributed by atoms with Crippen molar-refractivity contribution in [3.05, 3.63) is 48.0 Å². The van der Waals surface area contributed by atoms with E-state index in [1.165, 1.54) is 37.8 Å². The van der Waals surface area contributed by atoms with Gasteiger partial charge in [-0.1, -0.05) is 24.3 Å². The van der Waals surface area contributed by atoms with Gasteiger partial charge in [-0.25, -0.2) is 0 Å². The van der Waals surface area contributed by atoms with E-state index in [0.717, 1.165) is 33.8 Å². The highest BCUT2D eigenvalue weighted by molar-refractivity contribution is 5.74. The molecule has 0 aromatic heterocycles. The van der Waals surface area contributed by atoms with Gasteiger partial charge in [-0.05, 0) is 55.0 Å². The third-order valence-corrected chi connectivity index (χ3v) is 5.77. The smallest absolute Gasteiger partial charge is 0.123 e. The van der Waals surface area contributed by atoms with Crippen LogP contribution in [0.15, 0.2) is 42.5 Å². The molecule has 1 unspecified atom stereocenters. The summed E-state index contributed by atoms with van der Waals surface area (Å²) >= 11 is 0. The van der Waals surface area contributed by atoms with Gasteiger partial charge in [0.25, 0.3) is 0 Å². The molecular formula is C22H30BrNO2. The molecule has 1 aliphatic rings. The Morgan fingerprint density at radius 2 is 1.85 bits per heavy atom. The van der Waals surface area contributed by atoms with E-state index < -0.39 is 0 Å². The Labute approximate surface area is 168 Å². The number of halogens is 1. The molecule has 1 aliphatic heterocycles. The summed E-state index contributed by atoms with van der Waals surface area (Å²) in [5, 5.41) is 10.3. The van der Waals surface area contributed by atoms with Crippen LogP contribution >= 0.6 is 0 Å². The molecule has 3 nitrogen and oxygen atoms in total. The first-order valence-electron chi connectivity index (χ1n) is 9.29. The Morgan fingerprint density at radius 1 is 1.08 bits per heavy atom. The number of aromatic hydroxyl groups is 1. The molecule has 0 aliphatic carbocycles. The number of rotatable bonds is 5. The number of piperidine rings is 1. The molecule has 0 saturated carbocycles. The maximum atomic E-state index is 10.3. The number of hydrogen-bond donors (Lipinski definition) is 1. The Morgan fingerprint density at radius 3 is 2.58 bits per heavy atom. The summed E-state index contributed by atoms with van der Waals surface area (Å²) in [6, 6.07) is 14.6. The van der Waals surface area contributed by atoms with Gasteiger partial charge in [0, 0.05) is 12.0 Å². The van der Waals surface area contributed by atoms with Crippen LogP contribution in [0.5, 0.6) is 11.5 Å². The van der Waals surface area contributed by atoms with Crippen LogP contribution in [-0.4, -0.2) is 43.4 Å². The predicted octanol–water partition coefficient (Wildman–Crippen LogP) is 1.63. The van der Waals surface area contributed by atoms with E-state index in [-0.39, 0.29) is 17.0 Å². The molecule has 2 aromatic rings. The van der Waals surface area contributed by atoms with Crippen molar-refractivity contribution in [2.24, 2.45) is 0 Å². The fraction of sp³-hybridized carbons (Fsp3) is 0.455. The number of quaternary nitrogens is 1. The van der Waals surface area contributed by atoms with Gasteiger partial charge in [-0.3, -0.25) is 0 Å². The van der Waals surface area contributed by atoms with Crippen molar-refractivity contribution in [1.29, 1.82) is 0 Å². The number of ether oxygens (including phenoxy) is 1. The minimum atomic E-state index is 0. The van der Waals surface area contributed by atoms with E-state index in [0.29, 0.717) is 5.75 Å². The lowest BCUT2D eigenvalue weighted by molar-refractivity contribution is -0.920. The van der Waals surface area contributed by atoms with Crippen LogP contribution in [0.25, 0.3) is 11.1 Å². The molecule has 1 N–H and O–H groups in total. The molecule has 1 atom stereocenters. The van der Waals surface area contributed by atoms with E-state index in [1.807, 2.05) is 12.1 Å². The number of phenolic OH excluding ortho intramolecular Hbond substituents is 1. The highest BCUT2D eigenvalue weighted by Crippen LogP contribution is 2.35. The molecule has 2 aromatic carbocycles. The molecule has 0 bridgehead atoms. The summed E-state index contributed by atoms with van der Waals surface area (Å²) < 4.78 is 6.47. The summed E-state index contributed by atoms with van der Waals surface area (Å²) in [4.78, 5) is 0. The van der Waals surface area contributed by atoms with Crippen molar-refractivity contribution < 1.29 is 31.3 Å². The lowest BCUT2D eigenvalue weighted by Gasteiger charge is -2.42. The summed E-state index contributed by atoms with van der Waals surface area (Å²) in [5.41, 5.74) is 3.27. The third kappa shape index (κ3) is 4.60. The zero-order valence-corrected chi connectivity index (χ0v) is 17.6. The van der Waals surface area contributed by atoms with Gasteiger partial charge in [-0.2, -0.15) is 0 Å². The van der Waals surface area contributed by atoms with Gasteiger partial charge in [0.05, 0.1) is 33.8 Å². The lowest BCUT2D eigenvalue weighted by Crippen LogP contribution is -3.00. The average Bonchev–Trinajstić information content (AvgIpc) is 2.61. The van der Waals surface area contributed by atoms with Crippen molar-refractivity contribution in [2.75, 3.05) is 27.7 Å². The minimum absolute atomic E-state index is 0. The SMILES string of the molecule is COc1ccc(O)c(-c2ccccc2CCC2CCCC[N+]2(C)C)c1.[Br-]. The quantitative estimate of drug-likeness (QED) is 0.746. The third-order valence-electron chi connectivity index (χ3n) is 5.77. The molecule has 0 spiro atoms. The largest absolute Gasteiger partial charge is 1.00 e. The average molecular weight is 420 g/mol. The number of nitrogens with zero attached hydrogens (tertiary/aromatic N) is 1. The second kappa shape index (κ2) is 8.92. The van der Waals surface area contributed by atoms with Gasteiger partial charge < -0.3 is 31.3 Å². The molecule has 0 amide bonds. The molecule has 1 fully saturated rings. The van der Waals surface area contributed by atoms with Crippen molar-refractivity contribution in [3.8, 4) is 22.6 Å². The predicted molar refractivity (Wildman–Crippen MR) is 103 cm³/mol. The number of methoxy groups -OCH3 is 1. The Kier molecular flexibility index (Phi) is 7.13. The molecular weight excluding hydrogens is 390 g/mol.